The standard InChI is InChI=1S/C15H22N2O3/c1-10(2)12-6-5-7-13(8-12)16-15(20)17(4)9-11(3)14(18)19/h5-8,10-11H,9H2,1-4H3,(H,16,20)(H,18,19). The topological polar surface area (TPSA) is 69.6 Å². The summed E-state index contributed by atoms with van der Waals surface area (Å²) in [4.78, 5) is 24.1. The average Bonchev–Trinajstić information content (AvgIpc) is 2.38. The number of nitrogens with one attached hydrogen (secondary N) is 1. The number of hydrogen-bond donors (Lipinski definition) is 2. The molecule has 0 aromatic heterocycles. The van der Waals surface area contributed by atoms with Crippen LogP contribution in [0.15, 0.2) is 24.3 Å². The highest BCUT2D eigenvalue weighted by molar-refractivity contribution is 5.89. The van der Waals surface area contributed by atoms with Crippen LogP contribution in [-0.2, 0) is 4.79 Å². The molecular formula is C15H22N2O3. The first-order valence-electron chi connectivity index (χ1n) is 6.66. The Balaban J connectivity index is 2.66. The molecule has 0 fully saturated rings. The number of amides is 2. The molecule has 2 N–H and O–H groups in total. The Morgan fingerprint density at radius 3 is 2.50 bits per heavy atom. The van der Waals surface area contributed by atoms with Gasteiger partial charge in [-0.3, -0.25) is 4.79 Å². The van der Waals surface area contributed by atoms with E-state index in [-0.39, 0.29) is 12.6 Å². The minimum absolute atomic E-state index is 0.172. The molecule has 110 valence electrons. The molecule has 0 heterocycles. The first-order valence-corrected chi connectivity index (χ1v) is 6.66. The van der Waals surface area contributed by atoms with Crippen LogP contribution >= 0.6 is 0 Å². The molecule has 0 radical (unpaired) electrons. The van der Waals surface area contributed by atoms with E-state index in [4.69, 9.17) is 5.11 Å². The first-order chi connectivity index (χ1) is 9.31. The fourth-order valence-corrected chi connectivity index (χ4v) is 1.77. The van der Waals surface area contributed by atoms with Gasteiger partial charge in [0, 0.05) is 19.3 Å². The molecule has 5 nitrogen and oxygen atoms in total. The summed E-state index contributed by atoms with van der Waals surface area (Å²) in [6.07, 6.45) is 0. The number of nitrogens with zero attached hydrogens (tertiary/aromatic N) is 1. The number of anilines is 1. The second-order valence-electron chi connectivity index (χ2n) is 5.33. The maximum atomic E-state index is 12.0. The van der Waals surface area contributed by atoms with Gasteiger partial charge in [-0.1, -0.05) is 32.9 Å². The molecule has 0 aliphatic heterocycles. The van der Waals surface area contributed by atoms with Gasteiger partial charge in [-0.2, -0.15) is 0 Å². The number of hydrogen-bond acceptors (Lipinski definition) is 2. The summed E-state index contributed by atoms with van der Waals surface area (Å²) in [5, 5.41) is 11.6. The molecule has 0 bridgehead atoms. The highest BCUT2D eigenvalue weighted by atomic mass is 16.4. The summed E-state index contributed by atoms with van der Waals surface area (Å²) in [6.45, 7) is 5.92. The third-order valence-electron chi connectivity index (χ3n) is 3.12. The van der Waals surface area contributed by atoms with E-state index in [1.54, 1.807) is 14.0 Å². The van der Waals surface area contributed by atoms with E-state index >= 15 is 0 Å². The van der Waals surface area contributed by atoms with Crippen LogP contribution in [0.1, 0.15) is 32.3 Å². The van der Waals surface area contributed by atoms with Crippen molar-refractivity contribution in [3.05, 3.63) is 29.8 Å². The van der Waals surface area contributed by atoms with Crippen LogP contribution in [0.2, 0.25) is 0 Å². The van der Waals surface area contributed by atoms with Crippen molar-refractivity contribution in [3.63, 3.8) is 0 Å². The van der Waals surface area contributed by atoms with Gasteiger partial charge in [0.05, 0.1) is 5.92 Å². The van der Waals surface area contributed by atoms with Crippen molar-refractivity contribution in [1.29, 1.82) is 0 Å². The zero-order valence-electron chi connectivity index (χ0n) is 12.4. The quantitative estimate of drug-likeness (QED) is 0.870. The Morgan fingerprint density at radius 1 is 1.30 bits per heavy atom. The second kappa shape index (κ2) is 6.93. The first kappa shape index (κ1) is 16.0. The summed E-state index contributed by atoms with van der Waals surface area (Å²) in [5.41, 5.74) is 1.86. The zero-order valence-corrected chi connectivity index (χ0v) is 12.4. The lowest BCUT2D eigenvalue weighted by molar-refractivity contribution is -0.141. The molecule has 1 rings (SSSR count). The number of carbonyl (C=O) groups is 2. The Bertz CT molecular complexity index is 486. The summed E-state index contributed by atoms with van der Waals surface area (Å²) < 4.78 is 0. The van der Waals surface area contributed by atoms with Crippen molar-refractivity contribution in [2.45, 2.75) is 26.7 Å². The van der Waals surface area contributed by atoms with Crippen molar-refractivity contribution in [1.82, 2.24) is 4.90 Å². The Labute approximate surface area is 119 Å². The normalized spacial score (nSPS) is 12.1. The molecular weight excluding hydrogens is 256 g/mol. The van der Waals surface area contributed by atoms with Gasteiger partial charge < -0.3 is 15.3 Å². The Morgan fingerprint density at radius 2 is 1.95 bits per heavy atom. The highest BCUT2D eigenvalue weighted by Gasteiger charge is 2.17. The van der Waals surface area contributed by atoms with Gasteiger partial charge in [0.1, 0.15) is 0 Å². The summed E-state index contributed by atoms with van der Waals surface area (Å²) in [6, 6.07) is 7.34. The molecule has 1 atom stereocenters. The third-order valence-corrected chi connectivity index (χ3v) is 3.12. The number of carboxylic acid groups (broad SMARTS) is 1. The van der Waals surface area contributed by atoms with Gasteiger partial charge in [0.2, 0.25) is 0 Å². The van der Waals surface area contributed by atoms with Gasteiger partial charge in [-0.05, 0) is 23.6 Å². The van der Waals surface area contributed by atoms with Crippen LogP contribution in [-0.4, -0.2) is 35.6 Å². The predicted octanol–water partition coefficient (Wildman–Crippen LogP) is 2.99. The van der Waals surface area contributed by atoms with E-state index in [0.717, 1.165) is 11.3 Å². The van der Waals surface area contributed by atoms with Gasteiger partial charge in [-0.15, -0.1) is 0 Å². The third kappa shape index (κ3) is 4.57. The van der Waals surface area contributed by atoms with E-state index in [1.165, 1.54) is 4.90 Å². The van der Waals surface area contributed by atoms with Gasteiger partial charge in [-0.25, -0.2) is 4.79 Å². The number of rotatable bonds is 5. The Kier molecular flexibility index (Phi) is 5.55. The molecule has 1 aromatic rings. The SMILES string of the molecule is CC(CN(C)C(=O)Nc1cccc(C(C)C)c1)C(=O)O. The molecule has 1 aromatic carbocycles. The molecule has 0 aliphatic carbocycles. The predicted molar refractivity (Wildman–Crippen MR) is 79.0 cm³/mol. The molecule has 0 spiro atoms. The Hall–Kier alpha value is -2.04. The lowest BCUT2D eigenvalue weighted by Crippen LogP contribution is -2.36. The maximum absolute atomic E-state index is 12.0. The van der Waals surface area contributed by atoms with Crippen LogP contribution in [0.4, 0.5) is 10.5 Å². The second-order valence-corrected chi connectivity index (χ2v) is 5.33. The molecule has 0 aliphatic rings. The fourth-order valence-electron chi connectivity index (χ4n) is 1.77. The smallest absolute Gasteiger partial charge is 0.321 e. The largest absolute Gasteiger partial charge is 0.481 e. The van der Waals surface area contributed by atoms with Gasteiger partial charge >= 0.3 is 12.0 Å². The van der Waals surface area contributed by atoms with E-state index < -0.39 is 11.9 Å². The molecule has 0 saturated carbocycles. The maximum Gasteiger partial charge on any atom is 0.321 e. The van der Waals surface area contributed by atoms with Crippen molar-refractivity contribution >= 4 is 17.7 Å². The lowest BCUT2D eigenvalue weighted by atomic mass is 10.0. The van der Waals surface area contributed by atoms with Crippen LogP contribution in [0.25, 0.3) is 0 Å². The molecule has 0 saturated heterocycles. The van der Waals surface area contributed by atoms with E-state index in [0.29, 0.717) is 5.92 Å². The van der Waals surface area contributed by atoms with Crippen molar-refractivity contribution in [2.24, 2.45) is 5.92 Å². The van der Waals surface area contributed by atoms with Crippen LogP contribution in [0.5, 0.6) is 0 Å². The number of carbonyl (C=O) groups excluding carboxylic acids is 1. The fraction of sp³-hybridized carbons (Fsp3) is 0.467. The number of urea groups is 1. The van der Waals surface area contributed by atoms with E-state index in [1.807, 2.05) is 24.3 Å². The summed E-state index contributed by atoms with van der Waals surface area (Å²) >= 11 is 0. The highest BCUT2D eigenvalue weighted by Crippen LogP contribution is 2.18. The molecule has 20 heavy (non-hydrogen) atoms. The zero-order chi connectivity index (χ0) is 15.3. The number of carboxylic acids is 1. The monoisotopic (exact) mass is 278 g/mol. The molecule has 1 unspecified atom stereocenters. The van der Waals surface area contributed by atoms with Crippen molar-refractivity contribution in [3.8, 4) is 0 Å². The summed E-state index contributed by atoms with van der Waals surface area (Å²) in [5.74, 6) is -1.11. The lowest BCUT2D eigenvalue weighted by Gasteiger charge is -2.20. The van der Waals surface area contributed by atoms with Crippen LogP contribution < -0.4 is 5.32 Å². The van der Waals surface area contributed by atoms with Crippen LogP contribution in [0.3, 0.4) is 0 Å². The minimum atomic E-state index is -0.911. The van der Waals surface area contributed by atoms with Crippen molar-refractivity contribution in [2.75, 3.05) is 18.9 Å². The van der Waals surface area contributed by atoms with Crippen molar-refractivity contribution < 1.29 is 14.7 Å². The van der Waals surface area contributed by atoms with Gasteiger partial charge in [0.15, 0.2) is 0 Å². The molecule has 2 amide bonds. The van der Waals surface area contributed by atoms with Crippen LogP contribution in [0, 0.1) is 5.92 Å². The van der Waals surface area contributed by atoms with E-state index in [9.17, 15) is 9.59 Å². The van der Waals surface area contributed by atoms with E-state index in [2.05, 4.69) is 19.2 Å². The molecule has 5 heteroatoms. The summed E-state index contributed by atoms with van der Waals surface area (Å²) in [7, 11) is 1.58. The van der Waals surface area contributed by atoms with Gasteiger partial charge in [0.25, 0.3) is 0 Å². The number of benzene rings is 1. The minimum Gasteiger partial charge on any atom is -0.481 e. The number of aliphatic carboxylic acids is 1. The average molecular weight is 278 g/mol.